The monoisotopic (exact) mass is 371 g/mol. The maximum atomic E-state index is 13.0. The number of anilines is 1. The summed E-state index contributed by atoms with van der Waals surface area (Å²) in [5.74, 6) is 1.85. The third-order valence-electron chi connectivity index (χ3n) is 5.54. The van der Waals surface area contributed by atoms with Crippen LogP contribution in [0.2, 0.25) is 0 Å². The number of hydrogen-bond donors (Lipinski definition) is 0. The fourth-order valence-electron chi connectivity index (χ4n) is 3.94. The van der Waals surface area contributed by atoms with E-state index in [2.05, 4.69) is 20.2 Å². The van der Waals surface area contributed by atoms with E-state index in [1.54, 1.807) is 16.3 Å². The zero-order chi connectivity index (χ0) is 19.0. The first-order valence-electron chi connectivity index (χ1n) is 9.51. The summed E-state index contributed by atoms with van der Waals surface area (Å²) in [5.41, 5.74) is 0.726. The van der Waals surface area contributed by atoms with Crippen LogP contribution in [0.4, 0.5) is 5.82 Å². The van der Waals surface area contributed by atoms with Gasteiger partial charge in [0.05, 0.1) is 5.92 Å². The molecular formula is C18H25N7O2. The molecule has 2 aliphatic heterocycles. The first kappa shape index (κ1) is 17.7. The lowest BCUT2D eigenvalue weighted by molar-refractivity contribution is -0.141. The van der Waals surface area contributed by atoms with E-state index in [1.165, 1.54) is 0 Å². The molecule has 4 heterocycles. The Balaban J connectivity index is 1.43. The van der Waals surface area contributed by atoms with Crippen LogP contribution in [0, 0.1) is 12.8 Å². The Labute approximate surface area is 157 Å². The van der Waals surface area contributed by atoms with Crippen LogP contribution < -0.4 is 4.90 Å². The fourth-order valence-corrected chi connectivity index (χ4v) is 3.94. The highest BCUT2D eigenvalue weighted by atomic mass is 16.2. The second kappa shape index (κ2) is 7.13. The molecule has 2 fully saturated rings. The molecule has 2 saturated heterocycles. The number of hydrogen-bond acceptors (Lipinski definition) is 6. The van der Waals surface area contributed by atoms with Crippen LogP contribution >= 0.6 is 0 Å². The van der Waals surface area contributed by atoms with Gasteiger partial charge in [-0.25, -0.2) is 0 Å². The van der Waals surface area contributed by atoms with Crippen molar-refractivity contribution in [3.05, 3.63) is 18.0 Å². The molecule has 0 saturated carbocycles. The van der Waals surface area contributed by atoms with Crippen LogP contribution in [-0.2, 0) is 9.59 Å². The number of carbonyl (C=O) groups excluding carboxylic acids is 2. The van der Waals surface area contributed by atoms with Gasteiger partial charge < -0.3 is 14.7 Å². The van der Waals surface area contributed by atoms with Gasteiger partial charge in [0, 0.05) is 46.2 Å². The van der Waals surface area contributed by atoms with E-state index in [-0.39, 0.29) is 17.7 Å². The van der Waals surface area contributed by atoms with Crippen molar-refractivity contribution in [2.24, 2.45) is 5.92 Å². The van der Waals surface area contributed by atoms with E-state index >= 15 is 0 Å². The fraction of sp³-hybridized carbons (Fsp3) is 0.611. The molecule has 0 aliphatic carbocycles. The number of nitrogens with zero attached hydrogens (tertiary/aromatic N) is 7. The number of rotatable bonds is 2. The maximum Gasteiger partial charge on any atom is 0.227 e. The molecule has 2 amide bonds. The number of aromatic nitrogens is 4. The van der Waals surface area contributed by atoms with Gasteiger partial charge in [0.1, 0.15) is 5.82 Å². The van der Waals surface area contributed by atoms with E-state index in [0.29, 0.717) is 32.7 Å². The van der Waals surface area contributed by atoms with Crippen molar-refractivity contribution in [2.45, 2.75) is 26.7 Å². The molecular weight excluding hydrogens is 346 g/mol. The molecule has 2 aliphatic rings. The maximum absolute atomic E-state index is 13.0. The topological polar surface area (TPSA) is 86.9 Å². The quantitative estimate of drug-likeness (QED) is 0.757. The van der Waals surface area contributed by atoms with Crippen molar-refractivity contribution in [3.63, 3.8) is 0 Å². The molecule has 0 aromatic carbocycles. The molecule has 144 valence electrons. The minimum absolute atomic E-state index is 0.0258. The Morgan fingerprint density at radius 1 is 1.04 bits per heavy atom. The average molecular weight is 371 g/mol. The Bertz CT molecular complexity index is 857. The van der Waals surface area contributed by atoms with Crippen molar-refractivity contribution >= 4 is 23.3 Å². The summed E-state index contributed by atoms with van der Waals surface area (Å²) >= 11 is 0. The molecule has 9 nitrogen and oxygen atoms in total. The SMILES string of the molecule is CC(=O)N1CCN(C(=O)C2CCCN(c3ccc4nnc(C)n4n3)C2)CC1. The smallest absolute Gasteiger partial charge is 0.227 e. The first-order valence-corrected chi connectivity index (χ1v) is 9.51. The van der Waals surface area contributed by atoms with E-state index < -0.39 is 0 Å². The summed E-state index contributed by atoms with van der Waals surface area (Å²) in [4.78, 5) is 30.3. The summed E-state index contributed by atoms with van der Waals surface area (Å²) in [6, 6.07) is 3.86. The highest BCUT2D eigenvalue weighted by Gasteiger charge is 2.32. The lowest BCUT2D eigenvalue weighted by atomic mass is 9.96. The van der Waals surface area contributed by atoms with E-state index in [4.69, 9.17) is 0 Å². The van der Waals surface area contributed by atoms with Crippen LogP contribution in [0.25, 0.3) is 5.65 Å². The van der Waals surface area contributed by atoms with Gasteiger partial charge >= 0.3 is 0 Å². The summed E-state index contributed by atoms with van der Waals surface area (Å²) in [6.45, 7) is 7.52. The Morgan fingerprint density at radius 2 is 1.78 bits per heavy atom. The zero-order valence-corrected chi connectivity index (χ0v) is 15.8. The van der Waals surface area contributed by atoms with Gasteiger partial charge in [0.15, 0.2) is 11.5 Å². The molecule has 0 N–H and O–H groups in total. The molecule has 1 unspecified atom stereocenters. The summed E-state index contributed by atoms with van der Waals surface area (Å²) in [7, 11) is 0. The largest absolute Gasteiger partial charge is 0.354 e. The lowest BCUT2D eigenvalue weighted by Gasteiger charge is -2.39. The normalized spacial score (nSPS) is 21.0. The van der Waals surface area contributed by atoms with Gasteiger partial charge in [-0.15, -0.1) is 15.3 Å². The van der Waals surface area contributed by atoms with Crippen molar-refractivity contribution in [1.82, 2.24) is 29.6 Å². The summed E-state index contributed by atoms with van der Waals surface area (Å²) in [5, 5.41) is 12.8. The van der Waals surface area contributed by atoms with Crippen LogP contribution in [0.1, 0.15) is 25.6 Å². The van der Waals surface area contributed by atoms with Crippen LogP contribution in [-0.4, -0.2) is 80.7 Å². The number of piperazine rings is 1. The third-order valence-corrected chi connectivity index (χ3v) is 5.54. The lowest BCUT2D eigenvalue weighted by Crippen LogP contribution is -2.53. The third kappa shape index (κ3) is 3.45. The number of carbonyl (C=O) groups is 2. The van der Waals surface area contributed by atoms with Crippen molar-refractivity contribution in [1.29, 1.82) is 0 Å². The second-order valence-corrected chi connectivity index (χ2v) is 7.33. The molecule has 2 aromatic heterocycles. The number of amides is 2. The Morgan fingerprint density at radius 3 is 2.52 bits per heavy atom. The van der Waals surface area contributed by atoms with Gasteiger partial charge in [-0.2, -0.15) is 4.52 Å². The Hall–Kier alpha value is -2.71. The van der Waals surface area contributed by atoms with Crippen LogP contribution in [0.15, 0.2) is 12.1 Å². The minimum Gasteiger partial charge on any atom is -0.354 e. The molecule has 1 atom stereocenters. The minimum atomic E-state index is -0.0258. The van der Waals surface area contributed by atoms with Crippen molar-refractivity contribution in [2.75, 3.05) is 44.2 Å². The van der Waals surface area contributed by atoms with E-state index in [9.17, 15) is 9.59 Å². The molecule has 0 bridgehead atoms. The average Bonchev–Trinajstić information content (AvgIpc) is 3.08. The second-order valence-electron chi connectivity index (χ2n) is 7.33. The predicted octanol–water partition coefficient (Wildman–Crippen LogP) is 0.340. The van der Waals surface area contributed by atoms with E-state index in [0.717, 1.165) is 36.7 Å². The predicted molar refractivity (Wildman–Crippen MR) is 99.3 cm³/mol. The number of piperidine rings is 1. The van der Waals surface area contributed by atoms with Gasteiger partial charge in [-0.05, 0) is 31.9 Å². The first-order chi connectivity index (χ1) is 13.0. The standard InChI is InChI=1S/C18H25N7O2/c1-13-19-20-16-5-6-17(21-25(13)16)24-7-3-4-15(12-24)18(27)23-10-8-22(9-11-23)14(2)26/h5-6,15H,3-4,7-12H2,1-2H3. The van der Waals surface area contributed by atoms with Crippen LogP contribution in [0.3, 0.4) is 0 Å². The summed E-state index contributed by atoms with van der Waals surface area (Å²) in [6.07, 6.45) is 1.86. The van der Waals surface area contributed by atoms with Gasteiger partial charge in [0.2, 0.25) is 11.8 Å². The van der Waals surface area contributed by atoms with Crippen molar-refractivity contribution in [3.8, 4) is 0 Å². The highest BCUT2D eigenvalue weighted by Crippen LogP contribution is 2.24. The van der Waals surface area contributed by atoms with Gasteiger partial charge in [-0.3, -0.25) is 9.59 Å². The number of aryl methyl sites for hydroxylation is 1. The molecule has 27 heavy (non-hydrogen) atoms. The van der Waals surface area contributed by atoms with Crippen LogP contribution in [0.5, 0.6) is 0 Å². The molecule has 4 rings (SSSR count). The zero-order valence-electron chi connectivity index (χ0n) is 15.8. The molecule has 0 radical (unpaired) electrons. The highest BCUT2D eigenvalue weighted by molar-refractivity contribution is 5.80. The molecule has 2 aromatic rings. The van der Waals surface area contributed by atoms with E-state index in [1.807, 2.05) is 24.0 Å². The van der Waals surface area contributed by atoms with Gasteiger partial charge in [-0.1, -0.05) is 0 Å². The molecule has 0 spiro atoms. The number of fused-ring (bicyclic) bond motifs is 1. The Kier molecular flexibility index (Phi) is 4.67. The van der Waals surface area contributed by atoms with Gasteiger partial charge in [0.25, 0.3) is 0 Å². The molecule has 9 heteroatoms. The summed E-state index contributed by atoms with van der Waals surface area (Å²) < 4.78 is 1.74. The van der Waals surface area contributed by atoms with Crippen molar-refractivity contribution < 1.29 is 9.59 Å².